The second kappa shape index (κ2) is 8.05. The van der Waals surface area contributed by atoms with E-state index in [0.717, 1.165) is 5.33 Å². The number of esters is 1. The first kappa shape index (κ1) is 17.5. The van der Waals surface area contributed by atoms with Crippen molar-refractivity contribution in [3.63, 3.8) is 0 Å². The Bertz CT molecular complexity index is 451. The van der Waals surface area contributed by atoms with Gasteiger partial charge in [-0.05, 0) is 57.5 Å². The minimum atomic E-state index is -0.509. The Balaban J connectivity index is 2.62. The van der Waals surface area contributed by atoms with E-state index in [-0.39, 0.29) is 5.97 Å². The molecule has 0 amide bonds. The van der Waals surface area contributed by atoms with E-state index >= 15 is 0 Å². The van der Waals surface area contributed by atoms with E-state index in [0.29, 0.717) is 13.2 Å². The number of halogens is 1. The summed E-state index contributed by atoms with van der Waals surface area (Å²) in [5, 5.41) is 0.847. The Morgan fingerprint density at radius 3 is 2.75 bits per heavy atom. The van der Waals surface area contributed by atoms with Crippen molar-refractivity contribution in [3.05, 3.63) is 29.8 Å². The molecule has 0 radical (unpaired) electrons. The van der Waals surface area contributed by atoms with Crippen molar-refractivity contribution in [3.8, 4) is 0 Å². The Morgan fingerprint density at radius 1 is 1.45 bits per heavy atom. The minimum Gasteiger partial charge on any atom is -0.466 e. The van der Waals surface area contributed by atoms with Gasteiger partial charge in [-0.15, -0.1) is 0 Å². The fraction of sp³-hybridized carbons (Fsp3) is 0.533. The summed E-state index contributed by atoms with van der Waals surface area (Å²) in [5.74, 6) is -0.151. The largest absolute Gasteiger partial charge is 0.466 e. The SMILES string of the molecule is CCOC(=O)C(C)(C)CN(C)Sc1cccc(CBr)c1. The molecule has 0 atom stereocenters. The van der Waals surface area contributed by atoms with Gasteiger partial charge in [-0.3, -0.25) is 4.79 Å². The molecule has 0 saturated heterocycles. The lowest BCUT2D eigenvalue weighted by Gasteiger charge is -2.27. The highest BCUT2D eigenvalue weighted by Gasteiger charge is 2.30. The Kier molecular flexibility index (Phi) is 7.06. The maximum Gasteiger partial charge on any atom is 0.312 e. The smallest absolute Gasteiger partial charge is 0.312 e. The van der Waals surface area contributed by atoms with Crippen molar-refractivity contribution in [1.29, 1.82) is 0 Å². The molecule has 0 N–H and O–H groups in total. The summed E-state index contributed by atoms with van der Waals surface area (Å²) >= 11 is 5.10. The molecular weight excluding hydrogens is 338 g/mol. The van der Waals surface area contributed by atoms with Crippen molar-refractivity contribution >= 4 is 33.8 Å². The van der Waals surface area contributed by atoms with Gasteiger partial charge in [0.25, 0.3) is 0 Å². The van der Waals surface area contributed by atoms with Crippen LogP contribution in [0.2, 0.25) is 0 Å². The highest BCUT2D eigenvalue weighted by molar-refractivity contribution is 9.08. The lowest BCUT2D eigenvalue weighted by atomic mass is 9.94. The van der Waals surface area contributed by atoms with Crippen molar-refractivity contribution in [2.75, 3.05) is 20.2 Å². The zero-order valence-electron chi connectivity index (χ0n) is 12.5. The summed E-state index contributed by atoms with van der Waals surface area (Å²) in [7, 11) is 1.99. The molecular formula is C15H22BrNO2S. The van der Waals surface area contributed by atoms with E-state index in [2.05, 4.69) is 38.4 Å². The molecule has 0 saturated carbocycles. The van der Waals surface area contributed by atoms with Gasteiger partial charge in [0.05, 0.1) is 12.0 Å². The van der Waals surface area contributed by atoms with E-state index in [1.54, 1.807) is 11.9 Å². The average molecular weight is 360 g/mol. The third-order valence-corrected chi connectivity index (χ3v) is 4.31. The molecule has 5 heteroatoms. The highest BCUT2D eigenvalue weighted by Crippen LogP contribution is 2.27. The Morgan fingerprint density at radius 2 is 2.15 bits per heavy atom. The maximum absolute atomic E-state index is 11.9. The maximum atomic E-state index is 11.9. The van der Waals surface area contributed by atoms with Crippen molar-refractivity contribution < 1.29 is 9.53 Å². The van der Waals surface area contributed by atoms with Gasteiger partial charge in [-0.25, -0.2) is 4.31 Å². The van der Waals surface area contributed by atoms with Crippen LogP contribution < -0.4 is 0 Å². The molecule has 112 valence electrons. The minimum absolute atomic E-state index is 0.151. The molecule has 1 aromatic rings. The fourth-order valence-corrected chi connectivity index (χ4v) is 3.28. The third-order valence-electron chi connectivity index (χ3n) is 2.76. The number of alkyl halides is 1. The van der Waals surface area contributed by atoms with Gasteiger partial charge in [0, 0.05) is 16.8 Å². The van der Waals surface area contributed by atoms with Gasteiger partial charge < -0.3 is 4.74 Å². The van der Waals surface area contributed by atoms with Crippen LogP contribution in [0, 0.1) is 5.41 Å². The first-order chi connectivity index (χ1) is 9.39. The summed E-state index contributed by atoms with van der Waals surface area (Å²) in [5.41, 5.74) is 0.734. The van der Waals surface area contributed by atoms with Gasteiger partial charge in [0.1, 0.15) is 0 Å². The van der Waals surface area contributed by atoms with Crippen LogP contribution in [0.15, 0.2) is 29.2 Å². The molecule has 0 aliphatic carbocycles. The first-order valence-electron chi connectivity index (χ1n) is 6.60. The first-order valence-corrected chi connectivity index (χ1v) is 8.49. The molecule has 0 aliphatic rings. The van der Waals surface area contributed by atoms with Crippen LogP contribution in [0.5, 0.6) is 0 Å². The number of hydrogen-bond acceptors (Lipinski definition) is 4. The molecule has 3 nitrogen and oxygen atoms in total. The standard InChI is InChI=1S/C15H22BrNO2S/c1-5-19-14(18)15(2,3)11-17(4)20-13-8-6-7-12(9-13)10-16/h6-9H,5,10-11H2,1-4H3. The quantitative estimate of drug-likeness (QED) is 0.416. The van der Waals surface area contributed by atoms with E-state index in [1.807, 2.05) is 33.9 Å². The number of ether oxygens (including phenoxy) is 1. The number of hydrogen-bond donors (Lipinski definition) is 0. The summed E-state index contributed by atoms with van der Waals surface area (Å²) in [6, 6.07) is 8.35. The number of benzene rings is 1. The molecule has 0 spiro atoms. The second-order valence-corrected chi connectivity index (χ2v) is 7.10. The number of rotatable bonds is 7. The summed E-state index contributed by atoms with van der Waals surface area (Å²) < 4.78 is 7.19. The van der Waals surface area contributed by atoms with E-state index < -0.39 is 5.41 Å². The zero-order valence-corrected chi connectivity index (χ0v) is 14.9. The van der Waals surface area contributed by atoms with Crippen LogP contribution in [0.25, 0.3) is 0 Å². The van der Waals surface area contributed by atoms with Crippen LogP contribution in [0.3, 0.4) is 0 Å². The predicted molar refractivity (Wildman–Crippen MR) is 88.0 cm³/mol. The van der Waals surface area contributed by atoms with E-state index in [4.69, 9.17) is 4.74 Å². The van der Waals surface area contributed by atoms with Gasteiger partial charge >= 0.3 is 5.97 Å². The monoisotopic (exact) mass is 359 g/mol. The average Bonchev–Trinajstić information content (AvgIpc) is 2.38. The van der Waals surface area contributed by atoms with E-state index in [9.17, 15) is 4.79 Å². The molecule has 1 aromatic carbocycles. The molecule has 0 aromatic heterocycles. The van der Waals surface area contributed by atoms with Crippen LogP contribution in [0.4, 0.5) is 0 Å². The number of carbonyl (C=O) groups is 1. The van der Waals surface area contributed by atoms with Gasteiger partial charge in [0.2, 0.25) is 0 Å². The predicted octanol–water partition coefficient (Wildman–Crippen LogP) is 4.11. The van der Waals surface area contributed by atoms with Crippen LogP contribution in [0.1, 0.15) is 26.3 Å². The second-order valence-electron chi connectivity index (χ2n) is 5.26. The van der Waals surface area contributed by atoms with Crippen LogP contribution in [-0.4, -0.2) is 30.5 Å². The summed E-state index contributed by atoms with van der Waals surface area (Å²) in [6.45, 7) is 6.72. The van der Waals surface area contributed by atoms with Crippen LogP contribution >= 0.6 is 27.9 Å². The lowest BCUT2D eigenvalue weighted by molar-refractivity contribution is -0.153. The highest BCUT2D eigenvalue weighted by atomic mass is 79.9. The zero-order chi connectivity index (χ0) is 15.2. The topological polar surface area (TPSA) is 29.5 Å². The van der Waals surface area contributed by atoms with Crippen LogP contribution in [-0.2, 0) is 14.9 Å². The third kappa shape index (κ3) is 5.46. The van der Waals surface area contributed by atoms with Gasteiger partial charge in [-0.2, -0.15) is 0 Å². The molecule has 0 bridgehead atoms. The Labute approximate surface area is 134 Å². The summed E-state index contributed by atoms with van der Waals surface area (Å²) in [6.07, 6.45) is 0. The lowest BCUT2D eigenvalue weighted by Crippen LogP contribution is -2.36. The molecule has 0 heterocycles. The number of nitrogens with zero attached hydrogens (tertiary/aromatic N) is 1. The molecule has 0 unspecified atom stereocenters. The summed E-state index contributed by atoms with van der Waals surface area (Å²) in [4.78, 5) is 13.1. The van der Waals surface area contributed by atoms with Crippen molar-refractivity contribution in [2.45, 2.75) is 31.0 Å². The molecule has 0 aliphatic heterocycles. The molecule has 20 heavy (non-hydrogen) atoms. The molecule has 0 fully saturated rings. The Hall–Kier alpha value is -0.520. The van der Waals surface area contributed by atoms with Gasteiger partial charge in [0.15, 0.2) is 0 Å². The van der Waals surface area contributed by atoms with Crippen molar-refractivity contribution in [2.24, 2.45) is 5.41 Å². The van der Waals surface area contributed by atoms with Gasteiger partial charge in [-0.1, -0.05) is 28.1 Å². The van der Waals surface area contributed by atoms with Crippen molar-refractivity contribution in [1.82, 2.24) is 4.31 Å². The normalized spacial score (nSPS) is 11.7. The fourth-order valence-electron chi connectivity index (χ4n) is 1.85. The van der Waals surface area contributed by atoms with E-state index in [1.165, 1.54) is 10.5 Å². The molecule has 1 rings (SSSR count). The number of carbonyl (C=O) groups excluding carboxylic acids is 1.